The van der Waals surface area contributed by atoms with E-state index in [9.17, 15) is 0 Å². The van der Waals surface area contributed by atoms with Crippen LogP contribution in [0.15, 0.2) is 30.5 Å². The summed E-state index contributed by atoms with van der Waals surface area (Å²) < 4.78 is 0. The summed E-state index contributed by atoms with van der Waals surface area (Å²) in [7, 11) is 0. The molecule has 2 aromatic rings. The molecule has 106 valence electrons. The van der Waals surface area contributed by atoms with Gasteiger partial charge in [-0.2, -0.15) is 0 Å². The number of hydrogen-bond donors (Lipinski definition) is 1. The number of rotatable bonds is 5. The van der Waals surface area contributed by atoms with Crippen molar-refractivity contribution in [2.75, 3.05) is 18.4 Å². The fourth-order valence-electron chi connectivity index (χ4n) is 2.65. The average Bonchev–Trinajstić information content (AvgIpc) is 3.09. The van der Waals surface area contributed by atoms with Crippen LogP contribution < -0.4 is 5.32 Å². The zero-order chi connectivity index (χ0) is 13.8. The summed E-state index contributed by atoms with van der Waals surface area (Å²) >= 11 is 1.71. The minimum atomic E-state index is 0.848. The van der Waals surface area contributed by atoms with E-state index in [0.717, 1.165) is 18.2 Å². The Hall–Kier alpha value is -1.39. The Kier molecular flexibility index (Phi) is 4.33. The predicted octanol–water partition coefficient (Wildman–Crippen LogP) is 3.66. The van der Waals surface area contributed by atoms with Gasteiger partial charge in [0, 0.05) is 24.2 Å². The molecule has 0 atom stereocenters. The molecular formula is C16H21N3S. The molecule has 0 amide bonds. The Balaban J connectivity index is 1.58. The highest BCUT2D eigenvalue weighted by molar-refractivity contribution is 7.15. The van der Waals surface area contributed by atoms with Gasteiger partial charge >= 0.3 is 0 Å². The van der Waals surface area contributed by atoms with Gasteiger partial charge in [-0.3, -0.25) is 4.90 Å². The summed E-state index contributed by atoms with van der Waals surface area (Å²) in [6.07, 6.45) is 4.62. The monoisotopic (exact) mass is 287 g/mol. The van der Waals surface area contributed by atoms with Crippen LogP contribution in [0.25, 0.3) is 0 Å². The molecule has 1 N–H and O–H groups in total. The lowest BCUT2D eigenvalue weighted by Crippen LogP contribution is -2.18. The molecule has 1 fully saturated rings. The largest absolute Gasteiger partial charge is 0.357 e. The van der Waals surface area contributed by atoms with Gasteiger partial charge in [0.2, 0.25) is 0 Å². The van der Waals surface area contributed by atoms with E-state index in [1.165, 1.54) is 41.9 Å². The highest BCUT2D eigenvalue weighted by Gasteiger charge is 2.11. The number of nitrogens with one attached hydrogen (secondary N) is 1. The Morgan fingerprint density at radius 3 is 2.80 bits per heavy atom. The molecule has 4 heteroatoms. The zero-order valence-corrected chi connectivity index (χ0v) is 12.7. The first-order valence-corrected chi connectivity index (χ1v) is 8.08. The highest BCUT2D eigenvalue weighted by Crippen LogP contribution is 2.18. The van der Waals surface area contributed by atoms with Gasteiger partial charge in [0.05, 0.1) is 0 Å². The Morgan fingerprint density at radius 2 is 2.05 bits per heavy atom. The molecule has 0 bridgehead atoms. The van der Waals surface area contributed by atoms with Gasteiger partial charge in [-0.1, -0.05) is 24.3 Å². The number of likely N-dealkylation sites (tertiary alicyclic amines) is 1. The van der Waals surface area contributed by atoms with Crippen molar-refractivity contribution in [2.24, 2.45) is 0 Å². The van der Waals surface area contributed by atoms with Gasteiger partial charge in [-0.15, -0.1) is 11.3 Å². The molecule has 3 nitrogen and oxygen atoms in total. The van der Waals surface area contributed by atoms with Crippen molar-refractivity contribution >= 4 is 16.5 Å². The van der Waals surface area contributed by atoms with E-state index in [2.05, 4.69) is 46.4 Å². The lowest BCUT2D eigenvalue weighted by molar-refractivity contribution is 0.331. The van der Waals surface area contributed by atoms with Crippen LogP contribution in [-0.4, -0.2) is 23.0 Å². The van der Waals surface area contributed by atoms with Gasteiger partial charge in [-0.25, -0.2) is 4.98 Å². The third-order valence-electron chi connectivity index (χ3n) is 3.66. The number of anilines is 1. The number of hydrogen-bond acceptors (Lipinski definition) is 4. The molecule has 1 aliphatic heterocycles. The molecule has 0 aliphatic carbocycles. The van der Waals surface area contributed by atoms with Crippen LogP contribution in [0, 0.1) is 6.92 Å². The van der Waals surface area contributed by atoms with E-state index in [1.807, 2.05) is 6.20 Å². The van der Waals surface area contributed by atoms with Crippen LogP contribution in [0.3, 0.4) is 0 Å². The molecule has 0 spiro atoms. The summed E-state index contributed by atoms with van der Waals surface area (Å²) in [4.78, 5) is 8.12. The van der Waals surface area contributed by atoms with Gasteiger partial charge in [-0.05, 0) is 44.0 Å². The highest BCUT2D eigenvalue weighted by atomic mass is 32.1. The fraction of sp³-hybridized carbons (Fsp3) is 0.438. The molecule has 2 heterocycles. The standard InChI is InChI=1S/C16H21N3S/c1-13-10-17-16(20-13)18-11-14-5-4-6-15(9-14)12-19-7-2-3-8-19/h4-6,9-10H,2-3,7-8,11-12H2,1H3,(H,17,18). The normalized spacial score (nSPS) is 15.7. The van der Waals surface area contributed by atoms with E-state index in [1.54, 1.807) is 11.3 Å². The average molecular weight is 287 g/mol. The topological polar surface area (TPSA) is 28.2 Å². The van der Waals surface area contributed by atoms with E-state index in [-0.39, 0.29) is 0 Å². The lowest BCUT2D eigenvalue weighted by atomic mass is 10.1. The van der Waals surface area contributed by atoms with Crippen LogP contribution in [0.4, 0.5) is 5.13 Å². The lowest BCUT2D eigenvalue weighted by Gasteiger charge is -2.15. The molecular weight excluding hydrogens is 266 g/mol. The third kappa shape index (κ3) is 3.58. The fourth-order valence-corrected chi connectivity index (χ4v) is 3.31. The molecule has 3 rings (SSSR count). The van der Waals surface area contributed by atoms with Crippen LogP contribution >= 0.6 is 11.3 Å². The third-order valence-corrected chi connectivity index (χ3v) is 4.53. The summed E-state index contributed by atoms with van der Waals surface area (Å²) in [5.74, 6) is 0. The maximum absolute atomic E-state index is 4.34. The zero-order valence-electron chi connectivity index (χ0n) is 11.9. The maximum atomic E-state index is 4.34. The summed E-state index contributed by atoms with van der Waals surface area (Å²) in [6.45, 7) is 6.52. The number of nitrogens with zero attached hydrogens (tertiary/aromatic N) is 2. The molecule has 0 radical (unpaired) electrons. The Morgan fingerprint density at radius 1 is 1.25 bits per heavy atom. The number of aryl methyl sites for hydroxylation is 1. The maximum Gasteiger partial charge on any atom is 0.183 e. The van der Waals surface area contributed by atoms with Gasteiger partial charge < -0.3 is 5.32 Å². The van der Waals surface area contributed by atoms with Crippen LogP contribution in [0.1, 0.15) is 28.8 Å². The molecule has 1 saturated heterocycles. The number of benzene rings is 1. The summed E-state index contributed by atoms with van der Waals surface area (Å²) in [6, 6.07) is 8.89. The van der Waals surface area contributed by atoms with Crippen LogP contribution in [0.2, 0.25) is 0 Å². The molecule has 1 aromatic carbocycles. The van der Waals surface area contributed by atoms with Gasteiger partial charge in [0.15, 0.2) is 5.13 Å². The van der Waals surface area contributed by atoms with Crippen molar-refractivity contribution in [1.29, 1.82) is 0 Å². The second-order valence-corrected chi connectivity index (χ2v) is 6.67. The minimum Gasteiger partial charge on any atom is -0.357 e. The minimum absolute atomic E-state index is 0.848. The predicted molar refractivity (Wildman–Crippen MR) is 85.1 cm³/mol. The molecule has 1 aromatic heterocycles. The first kappa shape index (κ1) is 13.6. The molecule has 20 heavy (non-hydrogen) atoms. The molecule has 1 aliphatic rings. The summed E-state index contributed by atoms with van der Waals surface area (Å²) in [5.41, 5.74) is 2.75. The van der Waals surface area contributed by atoms with Gasteiger partial charge in [0.1, 0.15) is 0 Å². The molecule has 0 saturated carbocycles. The smallest absolute Gasteiger partial charge is 0.183 e. The summed E-state index contributed by atoms with van der Waals surface area (Å²) in [5, 5.41) is 4.40. The second kappa shape index (κ2) is 6.37. The van der Waals surface area contributed by atoms with Crippen molar-refractivity contribution in [3.8, 4) is 0 Å². The van der Waals surface area contributed by atoms with Crippen molar-refractivity contribution in [3.05, 3.63) is 46.5 Å². The van der Waals surface area contributed by atoms with Crippen molar-refractivity contribution in [1.82, 2.24) is 9.88 Å². The quantitative estimate of drug-likeness (QED) is 0.909. The van der Waals surface area contributed by atoms with E-state index < -0.39 is 0 Å². The van der Waals surface area contributed by atoms with Crippen LogP contribution in [0.5, 0.6) is 0 Å². The van der Waals surface area contributed by atoms with Crippen molar-refractivity contribution < 1.29 is 0 Å². The van der Waals surface area contributed by atoms with E-state index >= 15 is 0 Å². The van der Waals surface area contributed by atoms with Gasteiger partial charge in [0.25, 0.3) is 0 Å². The van der Waals surface area contributed by atoms with E-state index in [0.29, 0.717) is 0 Å². The molecule has 0 unspecified atom stereocenters. The Labute approximate surface area is 124 Å². The Bertz CT molecular complexity index is 558. The van der Waals surface area contributed by atoms with Crippen LogP contribution in [-0.2, 0) is 13.1 Å². The number of thiazole rings is 1. The van der Waals surface area contributed by atoms with E-state index in [4.69, 9.17) is 0 Å². The van der Waals surface area contributed by atoms with Crippen molar-refractivity contribution in [3.63, 3.8) is 0 Å². The first-order chi connectivity index (χ1) is 9.79. The first-order valence-electron chi connectivity index (χ1n) is 7.26. The number of aromatic nitrogens is 1. The van der Waals surface area contributed by atoms with Crippen molar-refractivity contribution in [2.45, 2.75) is 32.9 Å². The SMILES string of the molecule is Cc1cnc(NCc2cccc(CN3CCCC3)c2)s1. The second-order valence-electron chi connectivity index (χ2n) is 5.43.